The Labute approximate surface area is 122 Å². The van der Waals surface area contributed by atoms with Crippen LogP contribution in [0.3, 0.4) is 0 Å². The smallest absolute Gasteiger partial charge is 0.129 e. The Balaban J connectivity index is 2.33. The van der Waals surface area contributed by atoms with Gasteiger partial charge in [0.1, 0.15) is 5.82 Å². The van der Waals surface area contributed by atoms with Crippen molar-refractivity contribution in [2.24, 2.45) is 0 Å². The summed E-state index contributed by atoms with van der Waals surface area (Å²) >= 11 is 0. The lowest BCUT2D eigenvalue weighted by molar-refractivity contribution is 0.393. The molecule has 0 radical (unpaired) electrons. The van der Waals surface area contributed by atoms with Crippen molar-refractivity contribution in [3.8, 4) is 0 Å². The molecule has 20 heavy (non-hydrogen) atoms. The average Bonchev–Trinajstić information content (AvgIpc) is 2.37. The number of halogens is 1. The maximum absolute atomic E-state index is 14.3. The SMILES string of the molecule is CCCNCc1cc2c(cc1F)N(C)C(C)(C)CC2C. The van der Waals surface area contributed by atoms with Gasteiger partial charge in [0.05, 0.1) is 0 Å². The molecule has 0 spiro atoms. The predicted molar refractivity (Wildman–Crippen MR) is 83.9 cm³/mol. The van der Waals surface area contributed by atoms with E-state index in [1.165, 1.54) is 5.56 Å². The number of hydrogen-bond acceptors (Lipinski definition) is 2. The monoisotopic (exact) mass is 278 g/mol. The van der Waals surface area contributed by atoms with Crippen molar-refractivity contribution in [3.63, 3.8) is 0 Å². The fourth-order valence-electron chi connectivity index (χ4n) is 3.17. The third-order valence-electron chi connectivity index (χ3n) is 4.54. The van der Waals surface area contributed by atoms with Gasteiger partial charge in [0.25, 0.3) is 0 Å². The van der Waals surface area contributed by atoms with Gasteiger partial charge < -0.3 is 10.2 Å². The number of rotatable bonds is 4. The van der Waals surface area contributed by atoms with Crippen LogP contribution in [0.2, 0.25) is 0 Å². The molecule has 0 fully saturated rings. The quantitative estimate of drug-likeness (QED) is 0.836. The van der Waals surface area contributed by atoms with Crippen LogP contribution in [0.4, 0.5) is 10.1 Å². The number of fused-ring (bicyclic) bond motifs is 1. The zero-order valence-electron chi connectivity index (χ0n) is 13.4. The summed E-state index contributed by atoms with van der Waals surface area (Å²) in [5, 5.41) is 3.29. The Morgan fingerprint density at radius 1 is 1.40 bits per heavy atom. The van der Waals surface area contributed by atoms with Crippen LogP contribution in [-0.2, 0) is 6.54 Å². The van der Waals surface area contributed by atoms with E-state index >= 15 is 0 Å². The van der Waals surface area contributed by atoms with Gasteiger partial charge in [-0.05, 0) is 56.8 Å². The molecular weight excluding hydrogens is 251 g/mol. The maximum Gasteiger partial charge on any atom is 0.129 e. The van der Waals surface area contributed by atoms with Gasteiger partial charge in [-0.1, -0.05) is 13.8 Å². The summed E-state index contributed by atoms with van der Waals surface area (Å²) in [4.78, 5) is 2.22. The van der Waals surface area contributed by atoms with Crippen LogP contribution in [0, 0.1) is 5.82 Å². The summed E-state index contributed by atoms with van der Waals surface area (Å²) < 4.78 is 14.3. The average molecular weight is 278 g/mol. The first-order valence-corrected chi connectivity index (χ1v) is 7.63. The second-order valence-corrected chi connectivity index (χ2v) is 6.66. The van der Waals surface area contributed by atoms with Crippen LogP contribution in [0.15, 0.2) is 12.1 Å². The number of nitrogens with zero attached hydrogens (tertiary/aromatic N) is 1. The van der Waals surface area contributed by atoms with Crippen molar-refractivity contribution in [3.05, 3.63) is 29.1 Å². The van der Waals surface area contributed by atoms with Gasteiger partial charge in [0.2, 0.25) is 0 Å². The molecule has 1 aliphatic heterocycles. The van der Waals surface area contributed by atoms with E-state index < -0.39 is 0 Å². The van der Waals surface area contributed by atoms with E-state index in [0.29, 0.717) is 12.5 Å². The Hall–Kier alpha value is -1.09. The molecule has 0 aliphatic carbocycles. The van der Waals surface area contributed by atoms with Crippen LogP contribution in [0.1, 0.15) is 57.6 Å². The van der Waals surface area contributed by atoms with Crippen molar-refractivity contribution in [1.82, 2.24) is 5.32 Å². The number of nitrogens with one attached hydrogen (secondary N) is 1. The lowest BCUT2D eigenvalue weighted by Gasteiger charge is -2.45. The zero-order chi connectivity index (χ0) is 14.9. The largest absolute Gasteiger partial charge is 0.369 e. The van der Waals surface area contributed by atoms with Gasteiger partial charge in [0.15, 0.2) is 0 Å². The Kier molecular flexibility index (Phi) is 4.38. The standard InChI is InChI=1S/C17H27FN2/c1-6-7-19-11-13-8-14-12(2)10-17(3,4)20(5)16(14)9-15(13)18/h8-9,12,19H,6-7,10-11H2,1-5H3. The molecule has 0 saturated carbocycles. The summed E-state index contributed by atoms with van der Waals surface area (Å²) in [7, 11) is 2.07. The second-order valence-electron chi connectivity index (χ2n) is 6.66. The highest BCUT2D eigenvalue weighted by atomic mass is 19.1. The highest BCUT2D eigenvalue weighted by Gasteiger charge is 2.34. The Morgan fingerprint density at radius 3 is 2.75 bits per heavy atom. The van der Waals surface area contributed by atoms with Gasteiger partial charge in [-0.15, -0.1) is 0 Å². The van der Waals surface area contributed by atoms with Gasteiger partial charge >= 0.3 is 0 Å². The Morgan fingerprint density at radius 2 is 2.10 bits per heavy atom. The molecule has 0 aromatic heterocycles. The van der Waals surface area contributed by atoms with Crippen molar-refractivity contribution in [2.75, 3.05) is 18.5 Å². The highest BCUT2D eigenvalue weighted by molar-refractivity contribution is 5.60. The molecule has 1 atom stereocenters. The first-order valence-electron chi connectivity index (χ1n) is 7.63. The van der Waals surface area contributed by atoms with E-state index in [2.05, 4.69) is 51.0 Å². The molecule has 1 unspecified atom stereocenters. The van der Waals surface area contributed by atoms with Crippen LogP contribution in [0.5, 0.6) is 0 Å². The van der Waals surface area contributed by atoms with Gasteiger partial charge in [-0.25, -0.2) is 4.39 Å². The van der Waals surface area contributed by atoms with E-state index in [4.69, 9.17) is 0 Å². The predicted octanol–water partition coefficient (Wildman–Crippen LogP) is 4.05. The molecule has 1 aromatic carbocycles. The molecule has 1 aliphatic rings. The second kappa shape index (κ2) is 5.72. The molecular formula is C17H27FN2. The van der Waals surface area contributed by atoms with Crippen molar-refractivity contribution < 1.29 is 4.39 Å². The lowest BCUT2D eigenvalue weighted by Crippen LogP contribution is -2.45. The minimum Gasteiger partial charge on any atom is -0.369 e. The van der Waals surface area contributed by atoms with Gasteiger partial charge in [-0.3, -0.25) is 0 Å². The summed E-state index contributed by atoms with van der Waals surface area (Å²) in [5.74, 6) is 0.380. The number of anilines is 1. The zero-order valence-corrected chi connectivity index (χ0v) is 13.4. The molecule has 1 aromatic rings. The molecule has 112 valence electrons. The lowest BCUT2D eigenvalue weighted by atomic mass is 9.80. The summed E-state index contributed by atoms with van der Waals surface area (Å²) in [6.45, 7) is 10.4. The van der Waals surface area contributed by atoms with Crippen molar-refractivity contribution in [1.29, 1.82) is 0 Å². The molecule has 2 nitrogen and oxygen atoms in total. The maximum atomic E-state index is 14.3. The van der Waals surface area contributed by atoms with E-state index in [1.807, 2.05) is 0 Å². The molecule has 0 amide bonds. The van der Waals surface area contributed by atoms with Crippen LogP contribution >= 0.6 is 0 Å². The topological polar surface area (TPSA) is 15.3 Å². The molecule has 0 saturated heterocycles. The third kappa shape index (κ3) is 2.83. The van der Waals surface area contributed by atoms with Crippen LogP contribution in [-0.4, -0.2) is 19.1 Å². The molecule has 1 heterocycles. The van der Waals surface area contributed by atoms with E-state index in [0.717, 1.165) is 30.6 Å². The Bertz CT molecular complexity index is 482. The van der Waals surface area contributed by atoms with Crippen molar-refractivity contribution in [2.45, 2.75) is 58.5 Å². The van der Waals surface area contributed by atoms with E-state index in [-0.39, 0.29) is 11.4 Å². The number of benzene rings is 1. The number of hydrogen-bond donors (Lipinski definition) is 1. The van der Waals surface area contributed by atoms with Gasteiger partial charge in [-0.2, -0.15) is 0 Å². The molecule has 2 rings (SSSR count). The highest BCUT2D eigenvalue weighted by Crippen LogP contribution is 2.43. The molecule has 3 heteroatoms. The molecule has 0 bridgehead atoms. The van der Waals surface area contributed by atoms with E-state index in [9.17, 15) is 4.39 Å². The molecule has 1 N–H and O–H groups in total. The van der Waals surface area contributed by atoms with E-state index in [1.54, 1.807) is 6.07 Å². The first kappa shape index (κ1) is 15.3. The third-order valence-corrected chi connectivity index (χ3v) is 4.54. The minimum absolute atomic E-state index is 0.0842. The normalized spacial score (nSPS) is 20.9. The summed E-state index contributed by atoms with van der Waals surface area (Å²) in [6, 6.07) is 3.78. The van der Waals surface area contributed by atoms with Crippen molar-refractivity contribution >= 4 is 5.69 Å². The minimum atomic E-state index is -0.0934. The summed E-state index contributed by atoms with van der Waals surface area (Å²) in [5.41, 5.74) is 3.20. The summed E-state index contributed by atoms with van der Waals surface area (Å²) in [6.07, 6.45) is 2.17. The fraction of sp³-hybridized carbons (Fsp3) is 0.647. The fourth-order valence-corrected chi connectivity index (χ4v) is 3.17. The van der Waals surface area contributed by atoms with Crippen LogP contribution < -0.4 is 10.2 Å². The van der Waals surface area contributed by atoms with Gasteiger partial charge in [0, 0.05) is 30.4 Å². The first-order chi connectivity index (χ1) is 9.36. The van der Waals surface area contributed by atoms with Crippen LogP contribution in [0.25, 0.3) is 0 Å².